The number of nitrogens with one attached hydrogen (secondary N) is 1. The van der Waals surface area contributed by atoms with Gasteiger partial charge in [0.05, 0.1) is 4.90 Å². The van der Waals surface area contributed by atoms with E-state index >= 15 is 0 Å². The number of sulfonamides is 1. The van der Waals surface area contributed by atoms with E-state index in [0.717, 1.165) is 18.8 Å². The molecule has 3 N–H and O–H groups in total. The summed E-state index contributed by atoms with van der Waals surface area (Å²) in [5, 5.41) is 8.12. The number of carbonyl (C=O) groups is 1. The van der Waals surface area contributed by atoms with Crippen molar-refractivity contribution in [3.8, 4) is 0 Å². The second kappa shape index (κ2) is 6.15. The van der Waals surface area contributed by atoms with Crippen LogP contribution >= 0.6 is 0 Å². The SMILES string of the molecule is CCC(CC1CC1)NC(=O)c1cc(C)cc(S(N)(=O)=O)c1. The van der Waals surface area contributed by atoms with E-state index < -0.39 is 10.0 Å². The third kappa shape index (κ3) is 4.54. The fraction of sp³-hybridized carbons (Fsp3) is 0.533. The van der Waals surface area contributed by atoms with Gasteiger partial charge in [-0.3, -0.25) is 4.79 Å². The molecule has 1 aliphatic carbocycles. The van der Waals surface area contributed by atoms with Crippen LogP contribution in [0.1, 0.15) is 48.5 Å². The van der Waals surface area contributed by atoms with E-state index in [-0.39, 0.29) is 16.8 Å². The second-order valence-electron chi connectivity index (χ2n) is 5.84. The maximum atomic E-state index is 12.3. The number of carbonyl (C=O) groups excluding carboxylic acids is 1. The largest absolute Gasteiger partial charge is 0.349 e. The Morgan fingerprint density at radius 2 is 2.05 bits per heavy atom. The lowest BCUT2D eigenvalue weighted by Gasteiger charge is -2.17. The van der Waals surface area contributed by atoms with Gasteiger partial charge in [-0.15, -0.1) is 0 Å². The molecule has 1 atom stereocenters. The Bertz CT molecular complexity index is 636. The van der Waals surface area contributed by atoms with Gasteiger partial charge in [0, 0.05) is 11.6 Å². The van der Waals surface area contributed by atoms with Gasteiger partial charge in [0.15, 0.2) is 0 Å². The Balaban J connectivity index is 2.16. The van der Waals surface area contributed by atoms with Crippen molar-refractivity contribution in [1.82, 2.24) is 5.32 Å². The fourth-order valence-electron chi connectivity index (χ4n) is 2.40. The average Bonchev–Trinajstić information content (AvgIpc) is 3.20. The van der Waals surface area contributed by atoms with Gasteiger partial charge < -0.3 is 5.32 Å². The van der Waals surface area contributed by atoms with Crippen LogP contribution in [-0.2, 0) is 10.0 Å². The molecule has 0 bridgehead atoms. The topological polar surface area (TPSA) is 89.3 Å². The molecule has 0 spiro atoms. The van der Waals surface area contributed by atoms with E-state index in [1.807, 2.05) is 6.92 Å². The minimum atomic E-state index is -3.80. The van der Waals surface area contributed by atoms with Crippen molar-refractivity contribution in [2.24, 2.45) is 11.1 Å². The van der Waals surface area contributed by atoms with E-state index in [1.54, 1.807) is 13.0 Å². The predicted molar refractivity (Wildman–Crippen MR) is 81.4 cm³/mol. The summed E-state index contributed by atoms with van der Waals surface area (Å²) in [5.74, 6) is 0.490. The van der Waals surface area contributed by atoms with Crippen molar-refractivity contribution >= 4 is 15.9 Å². The first-order valence-corrected chi connectivity index (χ1v) is 8.79. The summed E-state index contributed by atoms with van der Waals surface area (Å²) in [6, 6.07) is 4.62. The van der Waals surface area contributed by atoms with Crippen LogP contribution in [-0.4, -0.2) is 20.4 Å². The number of benzene rings is 1. The molecule has 1 aliphatic rings. The molecule has 0 saturated heterocycles. The van der Waals surface area contributed by atoms with Gasteiger partial charge in [0.1, 0.15) is 0 Å². The fourth-order valence-corrected chi connectivity index (χ4v) is 3.04. The van der Waals surface area contributed by atoms with Gasteiger partial charge in [-0.1, -0.05) is 19.8 Å². The maximum absolute atomic E-state index is 12.3. The van der Waals surface area contributed by atoms with Crippen LogP contribution in [0.2, 0.25) is 0 Å². The summed E-state index contributed by atoms with van der Waals surface area (Å²) in [6.07, 6.45) is 4.35. The molecule has 0 aliphatic heterocycles. The molecule has 1 unspecified atom stereocenters. The van der Waals surface area contributed by atoms with Gasteiger partial charge in [0.2, 0.25) is 10.0 Å². The first-order chi connectivity index (χ1) is 9.79. The van der Waals surface area contributed by atoms with Gasteiger partial charge in [-0.25, -0.2) is 13.6 Å². The number of rotatable bonds is 6. The van der Waals surface area contributed by atoms with Gasteiger partial charge >= 0.3 is 0 Å². The molecule has 0 radical (unpaired) electrons. The van der Waals surface area contributed by atoms with Crippen LogP contribution in [0.15, 0.2) is 23.1 Å². The van der Waals surface area contributed by atoms with Crippen LogP contribution in [0, 0.1) is 12.8 Å². The molecule has 1 aromatic carbocycles. The number of hydrogen-bond acceptors (Lipinski definition) is 3. The summed E-state index contributed by atoms with van der Waals surface area (Å²) in [7, 11) is -3.80. The second-order valence-corrected chi connectivity index (χ2v) is 7.40. The zero-order valence-electron chi connectivity index (χ0n) is 12.4. The molecular weight excluding hydrogens is 288 g/mol. The number of nitrogens with two attached hydrogens (primary N) is 1. The molecule has 1 fully saturated rings. The van der Waals surface area contributed by atoms with Crippen LogP contribution in [0.4, 0.5) is 0 Å². The predicted octanol–water partition coefficient (Wildman–Crippen LogP) is 1.95. The third-order valence-electron chi connectivity index (χ3n) is 3.78. The van der Waals surface area contributed by atoms with E-state index in [4.69, 9.17) is 5.14 Å². The van der Waals surface area contributed by atoms with Crippen molar-refractivity contribution < 1.29 is 13.2 Å². The van der Waals surface area contributed by atoms with Crippen molar-refractivity contribution in [2.75, 3.05) is 0 Å². The number of amides is 1. The standard InChI is InChI=1S/C15H22N2O3S/c1-3-13(8-11-4-5-11)17-15(18)12-6-10(2)7-14(9-12)21(16,19)20/h6-7,9,11,13H,3-5,8H2,1-2H3,(H,17,18)(H2,16,19,20). The molecule has 21 heavy (non-hydrogen) atoms. The zero-order chi connectivity index (χ0) is 15.6. The molecule has 1 aromatic rings. The van der Waals surface area contributed by atoms with Gasteiger partial charge in [0.25, 0.3) is 5.91 Å². The summed E-state index contributed by atoms with van der Waals surface area (Å²) >= 11 is 0. The molecule has 1 amide bonds. The number of aryl methyl sites for hydroxylation is 1. The molecule has 5 nitrogen and oxygen atoms in total. The summed E-state index contributed by atoms with van der Waals surface area (Å²) in [5.41, 5.74) is 1.04. The lowest BCUT2D eigenvalue weighted by molar-refractivity contribution is 0.0932. The first-order valence-electron chi connectivity index (χ1n) is 7.25. The van der Waals surface area contributed by atoms with Crippen molar-refractivity contribution in [2.45, 2.75) is 50.5 Å². The van der Waals surface area contributed by atoms with E-state index in [0.29, 0.717) is 11.1 Å². The molecule has 1 saturated carbocycles. The number of primary sulfonamides is 1. The van der Waals surface area contributed by atoms with Crippen LogP contribution in [0.25, 0.3) is 0 Å². The molecule has 6 heteroatoms. The molecule has 0 heterocycles. The van der Waals surface area contributed by atoms with Crippen molar-refractivity contribution in [3.05, 3.63) is 29.3 Å². The molecule has 0 aromatic heterocycles. The monoisotopic (exact) mass is 310 g/mol. The minimum Gasteiger partial charge on any atom is -0.349 e. The molecule has 116 valence electrons. The molecular formula is C15H22N2O3S. The van der Waals surface area contributed by atoms with Crippen LogP contribution < -0.4 is 10.5 Å². The van der Waals surface area contributed by atoms with Crippen LogP contribution in [0.5, 0.6) is 0 Å². The quantitative estimate of drug-likeness (QED) is 0.841. The highest BCUT2D eigenvalue weighted by molar-refractivity contribution is 7.89. The lowest BCUT2D eigenvalue weighted by atomic mass is 10.1. The van der Waals surface area contributed by atoms with Crippen LogP contribution in [0.3, 0.4) is 0 Å². The van der Waals surface area contributed by atoms with Crippen molar-refractivity contribution in [3.63, 3.8) is 0 Å². The summed E-state index contributed by atoms with van der Waals surface area (Å²) in [4.78, 5) is 12.3. The Kier molecular flexibility index (Phi) is 4.68. The Morgan fingerprint density at radius 3 is 2.57 bits per heavy atom. The summed E-state index contributed by atoms with van der Waals surface area (Å²) < 4.78 is 22.9. The third-order valence-corrected chi connectivity index (χ3v) is 4.68. The highest BCUT2D eigenvalue weighted by atomic mass is 32.2. The van der Waals surface area contributed by atoms with E-state index in [1.165, 1.54) is 25.0 Å². The van der Waals surface area contributed by atoms with E-state index in [9.17, 15) is 13.2 Å². The Hall–Kier alpha value is -1.40. The first kappa shape index (κ1) is 16.0. The lowest BCUT2D eigenvalue weighted by Crippen LogP contribution is -2.35. The molecule has 2 rings (SSSR count). The normalized spacial score (nSPS) is 16.5. The minimum absolute atomic E-state index is 0.0251. The van der Waals surface area contributed by atoms with Crippen molar-refractivity contribution in [1.29, 1.82) is 0 Å². The maximum Gasteiger partial charge on any atom is 0.251 e. The number of hydrogen-bond donors (Lipinski definition) is 2. The Morgan fingerprint density at radius 1 is 1.38 bits per heavy atom. The smallest absolute Gasteiger partial charge is 0.251 e. The Labute approximate surface area is 126 Å². The highest BCUT2D eigenvalue weighted by Crippen LogP contribution is 2.34. The highest BCUT2D eigenvalue weighted by Gasteiger charge is 2.26. The zero-order valence-corrected chi connectivity index (χ0v) is 13.2. The van der Waals surface area contributed by atoms with Gasteiger partial charge in [-0.05, 0) is 49.4 Å². The average molecular weight is 310 g/mol. The van der Waals surface area contributed by atoms with E-state index in [2.05, 4.69) is 5.32 Å². The van der Waals surface area contributed by atoms with Gasteiger partial charge in [-0.2, -0.15) is 0 Å². The summed E-state index contributed by atoms with van der Waals surface area (Å²) in [6.45, 7) is 3.78.